The van der Waals surface area contributed by atoms with Crippen molar-refractivity contribution >= 4 is 5.91 Å². The quantitative estimate of drug-likeness (QED) is 0.892. The van der Waals surface area contributed by atoms with E-state index in [0.717, 1.165) is 12.1 Å². The minimum absolute atomic E-state index is 0.0886. The summed E-state index contributed by atoms with van der Waals surface area (Å²) >= 11 is 0. The Morgan fingerprint density at radius 3 is 2.50 bits per heavy atom. The summed E-state index contributed by atoms with van der Waals surface area (Å²) in [5.74, 6) is -1.27. The lowest BCUT2D eigenvalue weighted by Crippen LogP contribution is -2.28. The van der Waals surface area contributed by atoms with Crippen LogP contribution in [-0.2, 0) is 11.3 Å². The average Bonchev–Trinajstić information content (AvgIpc) is 2.54. The molecule has 6 heteroatoms. The molecule has 0 aliphatic rings. The largest absolute Gasteiger partial charge is 0.493 e. The summed E-state index contributed by atoms with van der Waals surface area (Å²) < 4.78 is 36.3. The molecular weight excluding hydrogens is 292 g/mol. The van der Waals surface area contributed by atoms with Gasteiger partial charge >= 0.3 is 0 Å². The van der Waals surface area contributed by atoms with Gasteiger partial charge in [0.25, 0.3) is 5.91 Å². The number of amides is 1. The second-order valence-corrected chi connectivity index (χ2v) is 4.46. The van der Waals surface area contributed by atoms with Gasteiger partial charge in [0.2, 0.25) is 0 Å². The molecular formula is C16H15F2NO3. The predicted octanol–water partition coefficient (Wildman–Crippen LogP) is 2.67. The number of hydrogen-bond donors (Lipinski definition) is 1. The number of carbonyl (C=O) groups is 1. The van der Waals surface area contributed by atoms with Crippen LogP contribution in [0.3, 0.4) is 0 Å². The molecule has 0 saturated carbocycles. The van der Waals surface area contributed by atoms with Crippen LogP contribution in [0.2, 0.25) is 0 Å². The van der Waals surface area contributed by atoms with Gasteiger partial charge in [-0.1, -0.05) is 18.2 Å². The lowest BCUT2D eigenvalue weighted by atomic mass is 10.2. The first kappa shape index (κ1) is 15.8. The molecule has 0 aliphatic heterocycles. The number of para-hydroxylation sites is 2. The Morgan fingerprint density at radius 1 is 1.09 bits per heavy atom. The van der Waals surface area contributed by atoms with Crippen molar-refractivity contribution in [1.29, 1.82) is 0 Å². The Bertz CT molecular complexity index is 662. The second kappa shape index (κ2) is 7.40. The fraction of sp³-hybridized carbons (Fsp3) is 0.188. The van der Waals surface area contributed by atoms with Crippen LogP contribution in [-0.4, -0.2) is 19.6 Å². The number of nitrogens with one attached hydrogen (secondary N) is 1. The van der Waals surface area contributed by atoms with Gasteiger partial charge in [0.15, 0.2) is 29.7 Å². The Balaban J connectivity index is 1.84. The average molecular weight is 307 g/mol. The van der Waals surface area contributed by atoms with Crippen LogP contribution < -0.4 is 14.8 Å². The third-order valence-corrected chi connectivity index (χ3v) is 2.90. The standard InChI is InChI=1S/C16H15F2NO3/c1-21-14-4-2-3-5-15(14)22-10-16(20)19-9-11-6-7-12(17)13(18)8-11/h2-8H,9-10H2,1H3,(H,19,20). The highest BCUT2D eigenvalue weighted by Gasteiger charge is 2.08. The van der Waals surface area contributed by atoms with E-state index in [9.17, 15) is 13.6 Å². The fourth-order valence-corrected chi connectivity index (χ4v) is 1.78. The molecule has 0 saturated heterocycles. The topological polar surface area (TPSA) is 47.6 Å². The number of methoxy groups -OCH3 is 1. The fourth-order valence-electron chi connectivity index (χ4n) is 1.78. The highest BCUT2D eigenvalue weighted by atomic mass is 19.2. The van der Waals surface area contributed by atoms with Crippen LogP contribution >= 0.6 is 0 Å². The predicted molar refractivity (Wildman–Crippen MR) is 76.7 cm³/mol. The van der Waals surface area contributed by atoms with Crippen LogP contribution in [0.25, 0.3) is 0 Å². The summed E-state index contributed by atoms with van der Waals surface area (Å²) in [6.45, 7) is -0.116. The van der Waals surface area contributed by atoms with Crippen molar-refractivity contribution < 1.29 is 23.0 Å². The van der Waals surface area contributed by atoms with Crippen LogP contribution in [0.1, 0.15) is 5.56 Å². The van der Waals surface area contributed by atoms with Crippen LogP contribution in [0.4, 0.5) is 8.78 Å². The molecule has 116 valence electrons. The maximum Gasteiger partial charge on any atom is 0.258 e. The van der Waals surface area contributed by atoms with E-state index in [2.05, 4.69) is 5.32 Å². The van der Waals surface area contributed by atoms with E-state index >= 15 is 0 Å². The normalized spacial score (nSPS) is 10.1. The molecule has 0 atom stereocenters. The molecule has 2 aromatic carbocycles. The van der Waals surface area contributed by atoms with Crippen molar-refractivity contribution in [2.24, 2.45) is 0 Å². The first-order chi connectivity index (χ1) is 10.6. The Hall–Kier alpha value is -2.63. The SMILES string of the molecule is COc1ccccc1OCC(=O)NCc1ccc(F)c(F)c1. The van der Waals surface area contributed by atoms with Crippen molar-refractivity contribution in [3.8, 4) is 11.5 Å². The van der Waals surface area contributed by atoms with Crippen molar-refractivity contribution in [2.45, 2.75) is 6.54 Å². The molecule has 0 radical (unpaired) electrons. The maximum atomic E-state index is 13.0. The van der Waals surface area contributed by atoms with Gasteiger partial charge in [0.05, 0.1) is 7.11 Å². The van der Waals surface area contributed by atoms with E-state index in [1.165, 1.54) is 13.2 Å². The number of hydrogen-bond acceptors (Lipinski definition) is 3. The third kappa shape index (κ3) is 4.18. The lowest BCUT2D eigenvalue weighted by Gasteiger charge is -2.10. The van der Waals surface area contributed by atoms with Crippen molar-refractivity contribution in [1.82, 2.24) is 5.32 Å². The summed E-state index contributed by atoms with van der Waals surface area (Å²) in [5.41, 5.74) is 0.463. The molecule has 2 rings (SSSR count). The van der Waals surface area contributed by atoms with E-state index in [1.54, 1.807) is 24.3 Å². The van der Waals surface area contributed by atoms with Crippen LogP contribution in [0.5, 0.6) is 11.5 Å². The smallest absolute Gasteiger partial charge is 0.258 e. The first-order valence-electron chi connectivity index (χ1n) is 6.56. The molecule has 0 aliphatic carbocycles. The van der Waals surface area contributed by atoms with Crippen LogP contribution in [0, 0.1) is 11.6 Å². The zero-order valence-corrected chi connectivity index (χ0v) is 11.9. The monoisotopic (exact) mass is 307 g/mol. The van der Waals surface area contributed by atoms with Gasteiger partial charge < -0.3 is 14.8 Å². The number of benzene rings is 2. The van der Waals surface area contributed by atoms with E-state index in [1.807, 2.05) is 0 Å². The molecule has 0 bridgehead atoms. The summed E-state index contributed by atoms with van der Waals surface area (Å²) in [6, 6.07) is 10.4. The summed E-state index contributed by atoms with van der Waals surface area (Å²) in [6.07, 6.45) is 0. The van der Waals surface area contributed by atoms with E-state index in [0.29, 0.717) is 17.1 Å². The Labute approximate surface area is 126 Å². The highest BCUT2D eigenvalue weighted by molar-refractivity contribution is 5.77. The number of carbonyl (C=O) groups excluding carboxylic acids is 1. The molecule has 1 N–H and O–H groups in total. The van der Waals surface area contributed by atoms with Crippen molar-refractivity contribution in [2.75, 3.05) is 13.7 Å². The van der Waals surface area contributed by atoms with E-state index < -0.39 is 11.6 Å². The van der Waals surface area contributed by atoms with E-state index in [4.69, 9.17) is 9.47 Å². The highest BCUT2D eigenvalue weighted by Crippen LogP contribution is 2.25. The van der Waals surface area contributed by atoms with Gasteiger partial charge in [-0.2, -0.15) is 0 Å². The van der Waals surface area contributed by atoms with Gasteiger partial charge in [-0.3, -0.25) is 4.79 Å². The molecule has 0 spiro atoms. The molecule has 0 unspecified atom stereocenters. The first-order valence-corrected chi connectivity index (χ1v) is 6.56. The zero-order chi connectivity index (χ0) is 15.9. The van der Waals surface area contributed by atoms with Gasteiger partial charge in [-0.05, 0) is 29.8 Å². The minimum Gasteiger partial charge on any atom is -0.493 e. The molecule has 4 nitrogen and oxygen atoms in total. The van der Waals surface area contributed by atoms with E-state index in [-0.39, 0.29) is 19.1 Å². The minimum atomic E-state index is -0.947. The summed E-state index contributed by atoms with van der Waals surface area (Å²) in [4.78, 5) is 11.7. The number of ether oxygens (including phenoxy) is 2. The molecule has 0 heterocycles. The molecule has 1 amide bonds. The van der Waals surface area contributed by atoms with Crippen molar-refractivity contribution in [3.05, 3.63) is 59.7 Å². The Morgan fingerprint density at radius 2 is 1.82 bits per heavy atom. The molecule has 22 heavy (non-hydrogen) atoms. The maximum absolute atomic E-state index is 13.0. The zero-order valence-electron chi connectivity index (χ0n) is 11.9. The van der Waals surface area contributed by atoms with Gasteiger partial charge in [0, 0.05) is 6.54 Å². The second-order valence-electron chi connectivity index (χ2n) is 4.46. The molecule has 0 aromatic heterocycles. The Kier molecular flexibility index (Phi) is 5.30. The van der Waals surface area contributed by atoms with Crippen LogP contribution in [0.15, 0.2) is 42.5 Å². The third-order valence-electron chi connectivity index (χ3n) is 2.90. The molecule has 2 aromatic rings. The van der Waals surface area contributed by atoms with Gasteiger partial charge in [-0.25, -0.2) is 8.78 Å². The summed E-state index contributed by atoms with van der Waals surface area (Å²) in [7, 11) is 1.51. The van der Waals surface area contributed by atoms with Crippen molar-refractivity contribution in [3.63, 3.8) is 0 Å². The van der Waals surface area contributed by atoms with Gasteiger partial charge in [-0.15, -0.1) is 0 Å². The lowest BCUT2D eigenvalue weighted by molar-refractivity contribution is -0.123. The molecule has 0 fully saturated rings. The number of halogens is 2. The number of rotatable bonds is 6. The summed E-state index contributed by atoms with van der Waals surface area (Å²) in [5, 5.41) is 2.56. The van der Waals surface area contributed by atoms with Gasteiger partial charge in [0.1, 0.15) is 0 Å².